The Bertz CT molecular complexity index is 691. The molecule has 5 heteroatoms. The first kappa shape index (κ1) is 13.0. The molecule has 2 aromatic carbocycles. The number of nitrogens with zero attached hydrogens (tertiary/aromatic N) is 1. The maximum Gasteiger partial charge on any atom is 0.152 e. The number of ether oxygens (including phenoxy) is 1. The number of hydrogen-bond donors (Lipinski definition) is 2. The number of benzene rings is 2. The van der Waals surface area contributed by atoms with Gasteiger partial charge < -0.3 is 9.64 Å². The molecule has 0 amide bonds. The van der Waals surface area contributed by atoms with E-state index in [9.17, 15) is 0 Å². The van der Waals surface area contributed by atoms with Crippen LogP contribution in [0.2, 0.25) is 5.02 Å². The van der Waals surface area contributed by atoms with Gasteiger partial charge in [-0.1, -0.05) is 29.8 Å². The van der Waals surface area contributed by atoms with Gasteiger partial charge in [0.05, 0.1) is 11.7 Å². The molecule has 0 saturated carbocycles. The summed E-state index contributed by atoms with van der Waals surface area (Å²) >= 11 is 6.14. The lowest BCUT2D eigenvalue weighted by molar-refractivity contribution is 0.477. The Hall–Kier alpha value is -1.75. The van der Waals surface area contributed by atoms with Crippen LogP contribution in [0.25, 0.3) is 0 Å². The quantitative estimate of drug-likeness (QED) is 0.848. The van der Waals surface area contributed by atoms with E-state index in [0.717, 1.165) is 23.7 Å². The molecular formula is C16H16ClN3O. The number of nitrogens with one attached hydrogen (secondary N) is 2. The predicted octanol–water partition coefficient (Wildman–Crippen LogP) is 3.10. The van der Waals surface area contributed by atoms with E-state index in [2.05, 4.69) is 27.7 Å². The Kier molecular flexibility index (Phi) is 3.03. The van der Waals surface area contributed by atoms with Crippen LogP contribution in [0.5, 0.6) is 11.5 Å². The molecule has 0 aliphatic carbocycles. The van der Waals surface area contributed by atoms with Crippen LogP contribution in [0, 0.1) is 0 Å². The van der Waals surface area contributed by atoms with Crippen LogP contribution in [0.4, 0.5) is 5.69 Å². The van der Waals surface area contributed by atoms with Crippen LogP contribution in [0.1, 0.15) is 11.6 Å². The standard InChI is InChI=1S/C16H16ClN3O/c1-18-16-19-9-13-11-4-2-3-5-14(11)21-15-8-10(17)6-7-12(15)20(13)16/h2-8,13,16,18-19H,9H2,1H3. The van der Waals surface area contributed by atoms with Crippen molar-refractivity contribution in [1.29, 1.82) is 0 Å². The third kappa shape index (κ3) is 1.99. The maximum absolute atomic E-state index is 6.14. The van der Waals surface area contributed by atoms with Gasteiger partial charge in [0.1, 0.15) is 12.0 Å². The summed E-state index contributed by atoms with van der Waals surface area (Å²) in [6.07, 6.45) is 0.0738. The topological polar surface area (TPSA) is 36.5 Å². The van der Waals surface area contributed by atoms with Crippen LogP contribution >= 0.6 is 11.6 Å². The van der Waals surface area contributed by atoms with Crippen LogP contribution in [0.15, 0.2) is 42.5 Å². The molecule has 21 heavy (non-hydrogen) atoms. The number of fused-ring (bicyclic) bond motifs is 5. The summed E-state index contributed by atoms with van der Waals surface area (Å²) in [5.41, 5.74) is 2.24. The predicted molar refractivity (Wildman–Crippen MR) is 84.0 cm³/mol. The van der Waals surface area contributed by atoms with E-state index >= 15 is 0 Å². The minimum atomic E-state index is 0.0738. The highest BCUT2D eigenvalue weighted by Gasteiger charge is 2.38. The van der Waals surface area contributed by atoms with Gasteiger partial charge in [-0.15, -0.1) is 0 Å². The summed E-state index contributed by atoms with van der Waals surface area (Å²) < 4.78 is 6.13. The van der Waals surface area contributed by atoms with E-state index in [4.69, 9.17) is 16.3 Å². The van der Waals surface area contributed by atoms with E-state index < -0.39 is 0 Å². The molecule has 1 saturated heterocycles. The van der Waals surface area contributed by atoms with Gasteiger partial charge >= 0.3 is 0 Å². The molecule has 4 nitrogen and oxygen atoms in total. The van der Waals surface area contributed by atoms with Crippen molar-refractivity contribution in [3.05, 3.63) is 53.1 Å². The molecule has 2 aromatic rings. The van der Waals surface area contributed by atoms with Crippen molar-refractivity contribution in [2.75, 3.05) is 18.5 Å². The second kappa shape index (κ2) is 4.91. The summed E-state index contributed by atoms with van der Waals surface area (Å²) in [6.45, 7) is 0.869. The maximum atomic E-state index is 6.14. The molecule has 2 atom stereocenters. The lowest BCUT2D eigenvalue weighted by Gasteiger charge is -2.30. The number of para-hydroxylation sites is 1. The number of anilines is 1. The normalized spacial score (nSPS) is 22.9. The molecule has 108 valence electrons. The van der Waals surface area contributed by atoms with Crippen LogP contribution in [-0.4, -0.2) is 19.9 Å². The molecule has 2 N–H and O–H groups in total. The number of halogens is 1. The summed E-state index contributed by atoms with van der Waals surface area (Å²) in [6, 6.07) is 14.2. The van der Waals surface area contributed by atoms with Crippen LogP contribution < -0.4 is 20.3 Å². The molecule has 1 fully saturated rings. The molecule has 2 aliphatic rings. The SMILES string of the molecule is CNC1NCC2c3ccccc3Oc3cc(Cl)ccc3N12. The van der Waals surface area contributed by atoms with Gasteiger partial charge in [-0.05, 0) is 25.2 Å². The first-order valence-corrected chi connectivity index (χ1v) is 7.41. The highest BCUT2D eigenvalue weighted by Crippen LogP contribution is 2.46. The van der Waals surface area contributed by atoms with Crippen molar-refractivity contribution in [2.45, 2.75) is 12.3 Å². The zero-order valence-corrected chi connectivity index (χ0v) is 12.4. The van der Waals surface area contributed by atoms with E-state index in [-0.39, 0.29) is 12.3 Å². The molecule has 4 rings (SSSR count). The second-order valence-electron chi connectivity index (χ2n) is 5.27. The van der Waals surface area contributed by atoms with E-state index in [1.54, 1.807) is 0 Å². The summed E-state index contributed by atoms with van der Waals surface area (Å²) in [5, 5.41) is 7.48. The van der Waals surface area contributed by atoms with Crippen molar-refractivity contribution in [2.24, 2.45) is 0 Å². The zero-order valence-electron chi connectivity index (χ0n) is 11.6. The average molecular weight is 302 g/mol. The highest BCUT2D eigenvalue weighted by atomic mass is 35.5. The molecule has 2 unspecified atom stereocenters. The van der Waals surface area contributed by atoms with Gasteiger partial charge in [0, 0.05) is 23.2 Å². The Morgan fingerprint density at radius 1 is 1.24 bits per heavy atom. The molecule has 0 aromatic heterocycles. The molecule has 2 aliphatic heterocycles. The van der Waals surface area contributed by atoms with E-state index in [1.165, 1.54) is 5.56 Å². The lowest BCUT2D eigenvalue weighted by Crippen LogP contribution is -2.46. The Morgan fingerprint density at radius 2 is 2.10 bits per heavy atom. The van der Waals surface area contributed by atoms with E-state index in [0.29, 0.717) is 5.02 Å². The van der Waals surface area contributed by atoms with Gasteiger partial charge in [-0.3, -0.25) is 10.6 Å². The fraction of sp³-hybridized carbons (Fsp3) is 0.250. The summed E-state index contributed by atoms with van der Waals surface area (Å²) in [5.74, 6) is 1.69. The van der Waals surface area contributed by atoms with Gasteiger partial charge in [0.25, 0.3) is 0 Å². The third-order valence-electron chi connectivity index (χ3n) is 4.09. The van der Waals surface area contributed by atoms with E-state index in [1.807, 2.05) is 37.4 Å². The van der Waals surface area contributed by atoms with Gasteiger partial charge in [0.2, 0.25) is 0 Å². The fourth-order valence-electron chi connectivity index (χ4n) is 3.16. The van der Waals surface area contributed by atoms with Crippen LogP contribution in [-0.2, 0) is 0 Å². The number of hydrogen-bond acceptors (Lipinski definition) is 4. The summed E-state index contributed by atoms with van der Waals surface area (Å²) in [7, 11) is 1.95. The fourth-order valence-corrected chi connectivity index (χ4v) is 3.32. The first-order chi connectivity index (χ1) is 10.3. The molecule has 0 radical (unpaired) electrons. The highest BCUT2D eigenvalue weighted by molar-refractivity contribution is 6.30. The summed E-state index contributed by atoms with van der Waals surface area (Å²) in [4.78, 5) is 2.32. The smallest absolute Gasteiger partial charge is 0.152 e. The lowest BCUT2D eigenvalue weighted by atomic mass is 10.1. The minimum absolute atomic E-state index is 0.0738. The van der Waals surface area contributed by atoms with Crippen molar-refractivity contribution in [3.63, 3.8) is 0 Å². The average Bonchev–Trinajstić information content (AvgIpc) is 2.86. The molecule has 0 spiro atoms. The minimum Gasteiger partial charge on any atom is -0.455 e. The molecule has 2 heterocycles. The van der Waals surface area contributed by atoms with Crippen molar-refractivity contribution in [3.8, 4) is 11.5 Å². The Morgan fingerprint density at radius 3 is 2.95 bits per heavy atom. The van der Waals surface area contributed by atoms with Gasteiger partial charge in [-0.2, -0.15) is 0 Å². The second-order valence-corrected chi connectivity index (χ2v) is 5.71. The Balaban J connectivity index is 1.93. The largest absolute Gasteiger partial charge is 0.455 e. The van der Waals surface area contributed by atoms with Crippen LogP contribution in [0.3, 0.4) is 0 Å². The zero-order chi connectivity index (χ0) is 14.4. The number of rotatable bonds is 1. The molecule has 0 bridgehead atoms. The third-order valence-corrected chi connectivity index (χ3v) is 4.32. The van der Waals surface area contributed by atoms with Crippen molar-refractivity contribution < 1.29 is 4.74 Å². The van der Waals surface area contributed by atoms with Gasteiger partial charge in [-0.25, -0.2) is 0 Å². The first-order valence-electron chi connectivity index (χ1n) is 7.03. The van der Waals surface area contributed by atoms with Crippen molar-refractivity contribution >= 4 is 17.3 Å². The molecular weight excluding hydrogens is 286 g/mol. The Labute approximate surface area is 128 Å². The van der Waals surface area contributed by atoms with Crippen molar-refractivity contribution in [1.82, 2.24) is 10.6 Å². The van der Waals surface area contributed by atoms with Gasteiger partial charge in [0.15, 0.2) is 5.75 Å². The monoisotopic (exact) mass is 301 g/mol.